The average molecular weight is 388 g/mol. The fourth-order valence-corrected chi connectivity index (χ4v) is 6.17. The van der Waals surface area contributed by atoms with Crippen LogP contribution in [-0.4, -0.2) is 29.1 Å². The van der Waals surface area contributed by atoms with Gasteiger partial charge in [-0.3, -0.25) is 4.79 Å². The molecule has 4 aliphatic carbocycles. The number of aliphatic carboxylic acids is 1. The molecule has 0 spiro atoms. The zero-order valence-electron chi connectivity index (χ0n) is 17.2. The maximum absolute atomic E-state index is 12.4. The lowest BCUT2D eigenvalue weighted by atomic mass is 9.48. The summed E-state index contributed by atoms with van der Waals surface area (Å²) in [4.78, 5) is 23.8. The fraction of sp³-hybridized carbons (Fsp3) is 0.773. The second-order valence-electron chi connectivity index (χ2n) is 9.83. The van der Waals surface area contributed by atoms with Gasteiger partial charge in [0.2, 0.25) is 0 Å². The van der Waals surface area contributed by atoms with Gasteiger partial charge in [0.1, 0.15) is 17.7 Å². The fourth-order valence-electron chi connectivity index (χ4n) is 6.17. The second-order valence-corrected chi connectivity index (χ2v) is 9.83. The molecule has 0 saturated heterocycles. The molecule has 4 aliphatic rings. The maximum atomic E-state index is 12.4. The predicted molar refractivity (Wildman–Crippen MR) is 106 cm³/mol. The number of amides is 1. The van der Waals surface area contributed by atoms with E-state index in [1.807, 2.05) is 19.9 Å². The van der Waals surface area contributed by atoms with Crippen LogP contribution in [0.15, 0.2) is 11.8 Å². The standard InChI is InChI=1S/C22H33N3O3/c1-13(2)4-19(21(27)28)25-20(26)18(11-23)12-24-14(3)22-8-15-5-16(9-22)7-17(6-15)10-22/h12-17,19,24H,4-10H2,1-3H3,(H,25,26)(H,27,28)/b18-12-. The Morgan fingerprint density at radius 1 is 1.14 bits per heavy atom. The molecule has 2 unspecified atom stereocenters. The zero-order chi connectivity index (χ0) is 20.5. The highest BCUT2D eigenvalue weighted by Crippen LogP contribution is 2.61. The molecule has 0 aromatic carbocycles. The maximum Gasteiger partial charge on any atom is 0.326 e. The van der Waals surface area contributed by atoms with Gasteiger partial charge in [0.15, 0.2) is 0 Å². The van der Waals surface area contributed by atoms with E-state index < -0.39 is 17.9 Å². The number of nitriles is 1. The Morgan fingerprint density at radius 2 is 1.68 bits per heavy atom. The van der Waals surface area contributed by atoms with Crippen molar-refractivity contribution in [3.63, 3.8) is 0 Å². The molecule has 0 aromatic rings. The number of hydrogen-bond acceptors (Lipinski definition) is 4. The van der Waals surface area contributed by atoms with Crippen LogP contribution in [0.25, 0.3) is 0 Å². The van der Waals surface area contributed by atoms with Crippen LogP contribution in [0.4, 0.5) is 0 Å². The lowest BCUT2D eigenvalue weighted by Gasteiger charge is -2.59. The van der Waals surface area contributed by atoms with E-state index in [0.29, 0.717) is 6.42 Å². The van der Waals surface area contributed by atoms with Gasteiger partial charge in [-0.05, 0) is 81.0 Å². The van der Waals surface area contributed by atoms with E-state index in [0.717, 1.165) is 17.8 Å². The number of carbonyl (C=O) groups is 2. The average Bonchev–Trinajstić information content (AvgIpc) is 2.59. The third-order valence-electron chi connectivity index (χ3n) is 7.16. The highest BCUT2D eigenvalue weighted by Gasteiger charge is 2.53. The molecule has 0 aliphatic heterocycles. The Labute approximate surface area is 167 Å². The molecule has 28 heavy (non-hydrogen) atoms. The van der Waals surface area contributed by atoms with Gasteiger partial charge in [-0.25, -0.2) is 4.79 Å². The van der Waals surface area contributed by atoms with Crippen LogP contribution in [0.5, 0.6) is 0 Å². The van der Waals surface area contributed by atoms with Crippen molar-refractivity contribution in [2.24, 2.45) is 29.1 Å². The molecule has 4 rings (SSSR count). The van der Waals surface area contributed by atoms with E-state index in [1.165, 1.54) is 44.7 Å². The van der Waals surface area contributed by atoms with Crippen molar-refractivity contribution in [2.45, 2.75) is 77.8 Å². The third kappa shape index (κ3) is 4.34. The van der Waals surface area contributed by atoms with Gasteiger partial charge in [0.05, 0.1) is 0 Å². The SMILES string of the molecule is CC(C)CC(NC(=O)/C(C#N)=C\NC(C)C12CC3CC(CC(C3)C1)C2)C(=O)O. The van der Waals surface area contributed by atoms with Crippen molar-refractivity contribution in [2.75, 3.05) is 0 Å². The van der Waals surface area contributed by atoms with Crippen LogP contribution >= 0.6 is 0 Å². The summed E-state index contributed by atoms with van der Waals surface area (Å²) >= 11 is 0. The molecular weight excluding hydrogens is 354 g/mol. The molecule has 4 saturated carbocycles. The lowest BCUT2D eigenvalue weighted by molar-refractivity contribution is -0.141. The molecule has 4 bridgehead atoms. The van der Waals surface area contributed by atoms with Crippen molar-refractivity contribution in [1.29, 1.82) is 5.26 Å². The first-order valence-electron chi connectivity index (χ1n) is 10.6. The van der Waals surface area contributed by atoms with E-state index >= 15 is 0 Å². The van der Waals surface area contributed by atoms with E-state index in [-0.39, 0.29) is 22.9 Å². The molecular formula is C22H33N3O3. The highest BCUT2D eigenvalue weighted by atomic mass is 16.4. The minimum atomic E-state index is -1.07. The first kappa shape index (κ1) is 20.7. The Kier molecular flexibility index (Phi) is 6.02. The Bertz CT molecular complexity index is 656. The van der Waals surface area contributed by atoms with Gasteiger partial charge in [0.25, 0.3) is 5.91 Å². The number of carboxylic acids is 1. The van der Waals surface area contributed by atoms with Gasteiger partial charge >= 0.3 is 5.97 Å². The quantitative estimate of drug-likeness (QED) is 0.438. The van der Waals surface area contributed by atoms with Crippen LogP contribution in [0.2, 0.25) is 0 Å². The summed E-state index contributed by atoms with van der Waals surface area (Å²) in [6.45, 7) is 5.96. The number of nitrogens with zero attached hydrogens (tertiary/aromatic N) is 1. The lowest BCUT2D eigenvalue weighted by Crippen LogP contribution is -2.54. The van der Waals surface area contributed by atoms with E-state index in [2.05, 4.69) is 17.6 Å². The Hall–Kier alpha value is -2.03. The monoisotopic (exact) mass is 387 g/mol. The van der Waals surface area contributed by atoms with Crippen LogP contribution in [0.1, 0.15) is 65.7 Å². The molecule has 1 amide bonds. The molecule has 6 heteroatoms. The largest absolute Gasteiger partial charge is 0.480 e. The van der Waals surface area contributed by atoms with Crippen LogP contribution in [0, 0.1) is 40.4 Å². The Morgan fingerprint density at radius 3 is 2.11 bits per heavy atom. The van der Waals surface area contributed by atoms with Gasteiger partial charge < -0.3 is 15.7 Å². The molecule has 154 valence electrons. The number of carboxylic acid groups (broad SMARTS) is 1. The summed E-state index contributed by atoms with van der Waals surface area (Å²) in [6, 6.07) is 1.14. The van der Waals surface area contributed by atoms with Gasteiger partial charge in [-0.2, -0.15) is 5.26 Å². The summed E-state index contributed by atoms with van der Waals surface area (Å²) in [5.41, 5.74) is 0.204. The minimum Gasteiger partial charge on any atom is -0.480 e. The summed E-state index contributed by atoms with van der Waals surface area (Å²) in [5.74, 6) is 0.946. The van der Waals surface area contributed by atoms with Crippen LogP contribution in [-0.2, 0) is 9.59 Å². The van der Waals surface area contributed by atoms with Crippen LogP contribution in [0.3, 0.4) is 0 Å². The summed E-state index contributed by atoms with van der Waals surface area (Å²) in [6.07, 6.45) is 9.67. The van der Waals surface area contributed by atoms with Crippen molar-refractivity contribution in [3.05, 3.63) is 11.8 Å². The normalized spacial score (nSPS) is 33.2. The molecule has 0 heterocycles. The van der Waals surface area contributed by atoms with E-state index in [4.69, 9.17) is 0 Å². The zero-order valence-corrected chi connectivity index (χ0v) is 17.2. The molecule has 4 fully saturated rings. The molecule has 0 aromatic heterocycles. The second kappa shape index (κ2) is 8.14. The first-order chi connectivity index (χ1) is 13.2. The topological polar surface area (TPSA) is 102 Å². The smallest absolute Gasteiger partial charge is 0.326 e. The van der Waals surface area contributed by atoms with Gasteiger partial charge in [-0.1, -0.05) is 13.8 Å². The van der Waals surface area contributed by atoms with Crippen molar-refractivity contribution >= 4 is 11.9 Å². The summed E-state index contributed by atoms with van der Waals surface area (Å²) < 4.78 is 0. The highest BCUT2D eigenvalue weighted by molar-refractivity contribution is 5.99. The predicted octanol–water partition coefficient (Wildman–Crippen LogP) is 3.20. The number of rotatable bonds is 8. The summed E-state index contributed by atoms with van der Waals surface area (Å²) in [5, 5.41) is 24.5. The molecule has 2 atom stereocenters. The Balaban J connectivity index is 1.63. The number of hydrogen-bond donors (Lipinski definition) is 3. The van der Waals surface area contributed by atoms with Crippen molar-refractivity contribution < 1.29 is 14.7 Å². The van der Waals surface area contributed by atoms with Gasteiger partial charge in [0, 0.05) is 12.2 Å². The van der Waals surface area contributed by atoms with Crippen molar-refractivity contribution in [1.82, 2.24) is 10.6 Å². The number of nitrogens with one attached hydrogen (secondary N) is 2. The van der Waals surface area contributed by atoms with E-state index in [1.54, 1.807) is 0 Å². The number of carbonyl (C=O) groups excluding carboxylic acids is 1. The minimum absolute atomic E-state index is 0.0633. The first-order valence-corrected chi connectivity index (χ1v) is 10.6. The van der Waals surface area contributed by atoms with Crippen molar-refractivity contribution in [3.8, 4) is 6.07 Å². The molecule has 6 nitrogen and oxygen atoms in total. The van der Waals surface area contributed by atoms with Gasteiger partial charge in [-0.15, -0.1) is 0 Å². The molecule has 3 N–H and O–H groups in total. The molecule has 0 radical (unpaired) electrons. The van der Waals surface area contributed by atoms with E-state index in [9.17, 15) is 20.0 Å². The summed E-state index contributed by atoms with van der Waals surface area (Å²) in [7, 11) is 0. The van der Waals surface area contributed by atoms with Crippen LogP contribution < -0.4 is 10.6 Å². The third-order valence-corrected chi connectivity index (χ3v) is 7.16.